The molecule has 1 fully saturated rings. The molecule has 1 heterocycles. The summed E-state index contributed by atoms with van der Waals surface area (Å²) in [5, 5.41) is 54.4. The molecule has 6 N–H and O–H groups in total. The highest BCUT2D eigenvalue weighted by Crippen LogP contribution is 2.23. The third-order valence-corrected chi connectivity index (χ3v) is 12.9. The maximum Gasteiger partial charge on any atom is 0.220 e. The first-order valence-corrected chi connectivity index (χ1v) is 26.4. The third-order valence-electron chi connectivity index (χ3n) is 12.9. The van der Waals surface area contributed by atoms with Gasteiger partial charge >= 0.3 is 0 Å². The van der Waals surface area contributed by atoms with E-state index in [1.807, 2.05) is 6.08 Å². The van der Waals surface area contributed by atoms with E-state index in [0.29, 0.717) is 6.42 Å². The molecule has 362 valence electrons. The Balaban J connectivity index is 2.25. The molecular weight excluding hydrogens is 767 g/mol. The number of aliphatic hydroxyl groups excluding tert-OH is 5. The topological polar surface area (TPSA) is 149 Å². The average Bonchev–Trinajstić information content (AvgIpc) is 3.26. The number of unbranched alkanes of at least 4 members (excludes halogenated alkanes) is 35. The van der Waals surface area contributed by atoms with E-state index in [-0.39, 0.29) is 12.5 Å². The Labute approximate surface area is 376 Å². The van der Waals surface area contributed by atoms with E-state index in [0.717, 1.165) is 38.5 Å². The number of carbonyl (C=O) groups is 1. The molecular formula is C52H101NO8. The van der Waals surface area contributed by atoms with Crippen molar-refractivity contribution in [2.45, 2.75) is 301 Å². The number of ether oxygens (including phenoxy) is 2. The van der Waals surface area contributed by atoms with Crippen LogP contribution >= 0.6 is 0 Å². The van der Waals surface area contributed by atoms with Gasteiger partial charge in [0.1, 0.15) is 24.4 Å². The van der Waals surface area contributed by atoms with Crippen LogP contribution in [0.15, 0.2) is 12.2 Å². The minimum atomic E-state index is -1.56. The van der Waals surface area contributed by atoms with Crippen LogP contribution in [0.25, 0.3) is 0 Å². The van der Waals surface area contributed by atoms with Gasteiger partial charge in [-0.05, 0) is 19.3 Å². The number of amides is 1. The van der Waals surface area contributed by atoms with Crippen LogP contribution in [-0.4, -0.2) is 87.5 Å². The molecule has 0 radical (unpaired) electrons. The first kappa shape index (κ1) is 57.9. The Hall–Kier alpha value is -1.07. The van der Waals surface area contributed by atoms with E-state index in [1.54, 1.807) is 6.08 Å². The Morgan fingerprint density at radius 1 is 0.541 bits per heavy atom. The monoisotopic (exact) mass is 868 g/mol. The predicted molar refractivity (Wildman–Crippen MR) is 254 cm³/mol. The molecule has 0 bridgehead atoms. The summed E-state index contributed by atoms with van der Waals surface area (Å²) in [4.78, 5) is 13.0. The van der Waals surface area contributed by atoms with E-state index in [1.165, 1.54) is 199 Å². The van der Waals surface area contributed by atoms with E-state index in [9.17, 15) is 30.3 Å². The Morgan fingerprint density at radius 3 is 1.28 bits per heavy atom. The van der Waals surface area contributed by atoms with Crippen molar-refractivity contribution in [2.75, 3.05) is 13.2 Å². The summed E-state index contributed by atoms with van der Waals surface area (Å²) < 4.78 is 11.2. The maximum absolute atomic E-state index is 13.0. The maximum atomic E-state index is 13.0. The summed E-state index contributed by atoms with van der Waals surface area (Å²) in [6.07, 6.45) is 44.0. The molecule has 0 spiro atoms. The van der Waals surface area contributed by atoms with E-state index in [2.05, 4.69) is 19.2 Å². The summed E-state index contributed by atoms with van der Waals surface area (Å²) >= 11 is 0. The number of aliphatic hydroxyl groups is 5. The fourth-order valence-electron chi connectivity index (χ4n) is 8.63. The van der Waals surface area contributed by atoms with Gasteiger partial charge in [-0.3, -0.25) is 4.79 Å². The second-order valence-electron chi connectivity index (χ2n) is 18.7. The highest BCUT2D eigenvalue weighted by atomic mass is 16.7. The number of nitrogens with one attached hydrogen (secondary N) is 1. The van der Waals surface area contributed by atoms with Crippen molar-refractivity contribution >= 4 is 5.91 Å². The molecule has 1 saturated heterocycles. The zero-order valence-electron chi connectivity index (χ0n) is 39.9. The Kier molecular flexibility index (Phi) is 40.7. The number of hydrogen-bond donors (Lipinski definition) is 6. The second kappa shape index (κ2) is 42.9. The van der Waals surface area contributed by atoms with Crippen LogP contribution < -0.4 is 5.32 Å². The SMILES string of the molecule is CCCCCCCCCCCCCCCC/C=C/C(O)C(COC1OC(CO)C(O)C(O)C1O)NC(=O)CCCCCCCCCCCCCCCCCCCCCCCC. The van der Waals surface area contributed by atoms with Crippen LogP contribution in [0.3, 0.4) is 0 Å². The standard InChI is InChI=1S/C52H101NO8/c1-3-5-7-9-11-13-15-17-19-21-22-23-24-25-26-28-30-32-34-36-38-40-42-48(56)53-45(44-60-52-51(59)50(58)49(57)47(43-54)61-52)46(55)41-39-37-35-33-31-29-27-20-18-16-14-12-10-8-6-4-2/h39,41,45-47,49-52,54-55,57-59H,3-38,40,42-44H2,1-2H3,(H,53,56)/b41-39+. The van der Waals surface area contributed by atoms with E-state index in [4.69, 9.17) is 9.47 Å². The summed E-state index contributed by atoms with van der Waals surface area (Å²) in [5.74, 6) is -0.171. The summed E-state index contributed by atoms with van der Waals surface area (Å²) in [5.41, 5.74) is 0. The van der Waals surface area contributed by atoms with Crippen molar-refractivity contribution in [3.05, 3.63) is 12.2 Å². The molecule has 1 rings (SSSR count). The molecule has 0 aromatic rings. The van der Waals surface area contributed by atoms with Crippen molar-refractivity contribution in [1.82, 2.24) is 5.32 Å². The molecule has 0 aromatic heterocycles. The molecule has 61 heavy (non-hydrogen) atoms. The lowest BCUT2D eigenvalue weighted by Crippen LogP contribution is -2.60. The molecule has 7 unspecified atom stereocenters. The molecule has 0 saturated carbocycles. The van der Waals surface area contributed by atoms with Crippen LogP contribution in [0.1, 0.15) is 258 Å². The quantitative estimate of drug-likeness (QED) is 0.0262. The molecule has 1 aliphatic heterocycles. The Morgan fingerprint density at radius 2 is 0.902 bits per heavy atom. The highest BCUT2D eigenvalue weighted by molar-refractivity contribution is 5.76. The van der Waals surface area contributed by atoms with Crippen molar-refractivity contribution in [2.24, 2.45) is 0 Å². The molecule has 0 aliphatic carbocycles. The van der Waals surface area contributed by atoms with Gasteiger partial charge in [0, 0.05) is 6.42 Å². The van der Waals surface area contributed by atoms with Gasteiger partial charge in [0.05, 0.1) is 25.4 Å². The fourth-order valence-corrected chi connectivity index (χ4v) is 8.63. The van der Waals surface area contributed by atoms with Crippen molar-refractivity contribution in [1.29, 1.82) is 0 Å². The van der Waals surface area contributed by atoms with Gasteiger partial charge in [-0.2, -0.15) is 0 Å². The van der Waals surface area contributed by atoms with Gasteiger partial charge in [0.15, 0.2) is 6.29 Å². The Bertz CT molecular complexity index is 966. The second-order valence-corrected chi connectivity index (χ2v) is 18.7. The van der Waals surface area contributed by atoms with Crippen LogP contribution in [-0.2, 0) is 14.3 Å². The normalized spacial score (nSPS) is 20.4. The van der Waals surface area contributed by atoms with E-state index < -0.39 is 49.5 Å². The number of rotatable bonds is 45. The van der Waals surface area contributed by atoms with Crippen molar-refractivity contribution < 1.29 is 39.8 Å². The van der Waals surface area contributed by atoms with Gasteiger partial charge in [-0.15, -0.1) is 0 Å². The summed E-state index contributed by atoms with van der Waals surface area (Å²) in [6, 6.07) is -0.799. The fraction of sp³-hybridized carbons (Fsp3) is 0.942. The van der Waals surface area contributed by atoms with Crippen LogP contribution in [0, 0.1) is 0 Å². The summed E-state index contributed by atoms with van der Waals surface area (Å²) in [6.45, 7) is 3.81. The number of allylic oxidation sites excluding steroid dienone is 1. The lowest BCUT2D eigenvalue weighted by Gasteiger charge is -2.40. The largest absolute Gasteiger partial charge is 0.394 e. The molecule has 1 aliphatic rings. The molecule has 9 nitrogen and oxygen atoms in total. The smallest absolute Gasteiger partial charge is 0.220 e. The van der Waals surface area contributed by atoms with E-state index >= 15 is 0 Å². The molecule has 9 heteroatoms. The minimum absolute atomic E-state index is 0.171. The van der Waals surface area contributed by atoms with Gasteiger partial charge in [0.25, 0.3) is 0 Å². The van der Waals surface area contributed by atoms with Gasteiger partial charge in [0.2, 0.25) is 5.91 Å². The zero-order valence-corrected chi connectivity index (χ0v) is 39.9. The number of carbonyl (C=O) groups excluding carboxylic acids is 1. The number of hydrogen-bond acceptors (Lipinski definition) is 8. The summed E-state index contributed by atoms with van der Waals surface area (Å²) in [7, 11) is 0. The first-order valence-electron chi connectivity index (χ1n) is 26.4. The third kappa shape index (κ3) is 33.1. The lowest BCUT2D eigenvalue weighted by atomic mass is 9.99. The van der Waals surface area contributed by atoms with Gasteiger partial charge < -0.3 is 40.3 Å². The lowest BCUT2D eigenvalue weighted by molar-refractivity contribution is -0.302. The highest BCUT2D eigenvalue weighted by Gasteiger charge is 2.44. The van der Waals surface area contributed by atoms with Crippen molar-refractivity contribution in [3.8, 4) is 0 Å². The van der Waals surface area contributed by atoms with Crippen LogP contribution in [0.2, 0.25) is 0 Å². The van der Waals surface area contributed by atoms with Gasteiger partial charge in [-0.1, -0.05) is 244 Å². The molecule has 7 atom stereocenters. The van der Waals surface area contributed by atoms with Crippen molar-refractivity contribution in [3.63, 3.8) is 0 Å². The van der Waals surface area contributed by atoms with Crippen LogP contribution in [0.4, 0.5) is 0 Å². The zero-order chi connectivity index (χ0) is 44.4. The average molecular weight is 868 g/mol. The minimum Gasteiger partial charge on any atom is -0.394 e. The van der Waals surface area contributed by atoms with Gasteiger partial charge in [-0.25, -0.2) is 0 Å². The molecule has 1 amide bonds. The predicted octanol–water partition coefficient (Wildman–Crippen LogP) is 12.1. The molecule has 0 aromatic carbocycles. The first-order chi connectivity index (χ1) is 29.8. The van der Waals surface area contributed by atoms with Crippen LogP contribution in [0.5, 0.6) is 0 Å².